The van der Waals surface area contributed by atoms with E-state index in [1.54, 1.807) is 7.11 Å². The Labute approximate surface area is 116 Å². The molecule has 1 atom stereocenters. The number of nitrogens with one attached hydrogen (secondary N) is 2. The van der Waals surface area contributed by atoms with Crippen LogP contribution in [0.5, 0.6) is 5.75 Å². The van der Waals surface area contributed by atoms with E-state index in [-0.39, 0.29) is 0 Å². The average molecular weight is 262 g/mol. The van der Waals surface area contributed by atoms with Crippen molar-refractivity contribution < 1.29 is 4.74 Å². The van der Waals surface area contributed by atoms with E-state index >= 15 is 0 Å². The van der Waals surface area contributed by atoms with Crippen molar-refractivity contribution in [3.05, 3.63) is 28.8 Å². The summed E-state index contributed by atoms with van der Waals surface area (Å²) in [6, 6.07) is 4.75. The van der Waals surface area contributed by atoms with E-state index < -0.39 is 0 Å². The van der Waals surface area contributed by atoms with Crippen LogP contribution in [0.4, 0.5) is 0 Å². The first kappa shape index (κ1) is 14.4. The van der Waals surface area contributed by atoms with Gasteiger partial charge in [-0.05, 0) is 58.0 Å². The predicted molar refractivity (Wildman–Crippen MR) is 79.9 cm³/mol. The SMILES string of the molecule is CNCC1(C(NC)c2c(C)cc(C)cc2OC)CC1. The normalized spacial score (nSPS) is 18.2. The van der Waals surface area contributed by atoms with Crippen molar-refractivity contribution in [2.45, 2.75) is 32.7 Å². The number of hydrogen-bond donors (Lipinski definition) is 2. The lowest BCUT2D eigenvalue weighted by atomic mass is 9.86. The molecule has 2 rings (SSSR count). The zero-order valence-corrected chi connectivity index (χ0v) is 12.8. The smallest absolute Gasteiger partial charge is 0.124 e. The van der Waals surface area contributed by atoms with E-state index in [0.29, 0.717) is 11.5 Å². The van der Waals surface area contributed by atoms with E-state index in [2.05, 4.69) is 43.7 Å². The maximum absolute atomic E-state index is 5.63. The second-order valence-electron chi connectivity index (χ2n) is 5.81. The zero-order chi connectivity index (χ0) is 14.0. The maximum Gasteiger partial charge on any atom is 0.124 e. The molecule has 3 nitrogen and oxygen atoms in total. The molecule has 19 heavy (non-hydrogen) atoms. The minimum absolute atomic E-state index is 0.344. The lowest BCUT2D eigenvalue weighted by Crippen LogP contribution is -2.34. The zero-order valence-electron chi connectivity index (χ0n) is 12.8. The molecule has 0 heterocycles. The lowest BCUT2D eigenvalue weighted by molar-refractivity contribution is 0.328. The highest BCUT2D eigenvalue weighted by molar-refractivity contribution is 5.46. The quantitative estimate of drug-likeness (QED) is 0.826. The van der Waals surface area contributed by atoms with Crippen LogP contribution in [0.3, 0.4) is 0 Å². The summed E-state index contributed by atoms with van der Waals surface area (Å²) >= 11 is 0. The fourth-order valence-corrected chi connectivity index (χ4v) is 3.32. The molecule has 1 aliphatic carbocycles. The summed E-state index contributed by atoms with van der Waals surface area (Å²) in [6.45, 7) is 5.35. The van der Waals surface area contributed by atoms with Crippen molar-refractivity contribution in [3.8, 4) is 5.75 Å². The summed E-state index contributed by atoms with van der Waals surface area (Å²) in [5.74, 6) is 1.01. The largest absolute Gasteiger partial charge is 0.496 e. The van der Waals surface area contributed by atoms with Gasteiger partial charge in [-0.15, -0.1) is 0 Å². The Kier molecular flexibility index (Phi) is 4.16. The van der Waals surface area contributed by atoms with Crippen molar-refractivity contribution in [1.82, 2.24) is 10.6 Å². The molecular weight excluding hydrogens is 236 g/mol. The molecule has 0 bridgehead atoms. The van der Waals surface area contributed by atoms with Crippen LogP contribution in [0.15, 0.2) is 12.1 Å². The van der Waals surface area contributed by atoms with Gasteiger partial charge in [0.05, 0.1) is 7.11 Å². The fourth-order valence-electron chi connectivity index (χ4n) is 3.32. The highest BCUT2D eigenvalue weighted by Crippen LogP contribution is 2.56. The van der Waals surface area contributed by atoms with Crippen LogP contribution in [0.25, 0.3) is 0 Å². The number of ether oxygens (including phenoxy) is 1. The second kappa shape index (κ2) is 5.51. The van der Waals surface area contributed by atoms with E-state index in [4.69, 9.17) is 4.74 Å². The van der Waals surface area contributed by atoms with Gasteiger partial charge in [-0.1, -0.05) is 6.07 Å². The highest BCUT2D eigenvalue weighted by atomic mass is 16.5. The van der Waals surface area contributed by atoms with Crippen LogP contribution in [0.1, 0.15) is 35.6 Å². The van der Waals surface area contributed by atoms with Crippen LogP contribution in [-0.2, 0) is 0 Å². The minimum atomic E-state index is 0.344. The highest BCUT2D eigenvalue weighted by Gasteiger charge is 2.49. The third kappa shape index (κ3) is 2.63. The molecule has 1 aliphatic rings. The Hall–Kier alpha value is -1.06. The summed E-state index contributed by atoms with van der Waals surface area (Å²) in [4.78, 5) is 0. The molecule has 3 heteroatoms. The molecule has 0 aromatic heterocycles. The van der Waals surface area contributed by atoms with Gasteiger partial charge in [0.25, 0.3) is 0 Å². The number of methoxy groups -OCH3 is 1. The lowest BCUT2D eigenvalue weighted by Gasteiger charge is -2.30. The summed E-state index contributed by atoms with van der Waals surface area (Å²) < 4.78 is 5.63. The summed E-state index contributed by atoms with van der Waals surface area (Å²) in [5.41, 5.74) is 4.24. The summed E-state index contributed by atoms with van der Waals surface area (Å²) in [5, 5.41) is 6.86. The van der Waals surface area contributed by atoms with Crippen LogP contribution < -0.4 is 15.4 Å². The van der Waals surface area contributed by atoms with Gasteiger partial charge < -0.3 is 15.4 Å². The Morgan fingerprint density at radius 3 is 2.42 bits per heavy atom. The van der Waals surface area contributed by atoms with Gasteiger partial charge in [-0.25, -0.2) is 0 Å². The Morgan fingerprint density at radius 2 is 1.95 bits per heavy atom. The van der Waals surface area contributed by atoms with E-state index in [1.165, 1.54) is 29.5 Å². The van der Waals surface area contributed by atoms with Gasteiger partial charge in [0.1, 0.15) is 5.75 Å². The van der Waals surface area contributed by atoms with Crippen LogP contribution in [0.2, 0.25) is 0 Å². The van der Waals surface area contributed by atoms with Crippen molar-refractivity contribution in [3.63, 3.8) is 0 Å². The molecule has 1 aromatic rings. The van der Waals surface area contributed by atoms with Gasteiger partial charge in [0.15, 0.2) is 0 Å². The predicted octanol–water partition coefficient (Wildman–Crippen LogP) is 2.57. The fraction of sp³-hybridized carbons (Fsp3) is 0.625. The molecule has 0 spiro atoms. The molecule has 1 aromatic carbocycles. The number of benzene rings is 1. The van der Waals surface area contributed by atoms with E-state index in [0.717, 1.165) is 12.3 Å². The maximum atomic E-state index is 5.63. The first-order valence-corrected chi connectivity index (χ1v) is 7.05. The molecule has 0 radical (unpaired) electrons. The molecule has 106 valence electrons. The van der Waals surface area contributed by atoms with Gasteiger partial charge in [0, 0.05) is 23.6 Å². The molecule has 0 aliphatic heterocycles. The van der Waals surface area contributed by atoms with Gasteiger partial charge in [-0.2, -0.15) is 0 Å². The van der Waals surface area contributed by atoms with Crippen molar-refractivity contribution in [1.29, 1.82) is 0 Å². The van der Waals surface area contributed by atoms with Gasteiger partial charge >= 0.3 is 0 Å². The molecule has 1 saturated carbocycles. The Morgan fingerprint density at radius 1 is 1.26 bits per heavy atom. The van der Waals surface area contributed by atoms with Gasteiger partial charge in [0.2, 0.25) is 0 Å². The summed E-state index contributed by atoms with van der Waals surface area (Å²) in [6.07, 6.45) is 2.55. The molecule has 0 amide bonds. The molecular formula is C16H26N2O. The molecule has 1 unspecified atom stereocenters. The van der Waals surface area contributed by atoms with Crippen LogP contribution in [0, 0.1) is 19.3 Å². The third-order valence-electron chi connectivity index (χ3n) is 4.32. The number of aryl methyl sites for hydroxylation is 2. The molecule has 2 N–H and O–H groups in total. The van der Waals surface area contributed by atoms with Crippen LogP contribution in [-0.4, -0.2) is 27.7 Å². The van der Waals surface area contributed by atoms with E-state index in [9.17, 15) is 0 Å². The monoisotopic (exact) mass is 262 g/mol. The number of hydrogen-bond acceptors (Lipinski definition) is 3. The standard InChI is InChI=1S/C16H26N2O/c1-11-8-12(2)14(13(9-11)19-5)15(18-4)16(6-7-16)10-17-3/h8-9,15,17-18H,6-7,10H2,1-5H3. The average Bonchev–Trinajstić information content (AvgIpc) is 3.13. The minimum Gasteiger partial charge on any atom is -0.496 e. The molecule has 0 saturated heterocycles. The first-order chi connectivity index (χ1) is 9.07. The van der Waals surface area contributed by atoms with Crippen molar-refractivity contribution in [2.75, 3.05) is 27.7 Å². The number of rotatable bonds is 6. The Bertz CT molecular complexity index is 452. The van der Waals surface area contributed by atoms with Gasteiger partial charge in [-0.3, -0.25) is 0 Å². The topological polar surface area (TPSA) is 33.3 Å². The van der Waals surface area contributed by atoms with Crippen molar-refractivity contribution >= 4 is 0 Å². The van der Waals surface area contributed by atoms with Crippen molar-refractivity contribution in [2.24, 2.45) is 5.41 Å². The molecule has 1 fully saturated rings. The van der Waals surface area contributed by atoms with E-state index in [1.807, 2.05) is 7.05 Å². The van der Waals surface area contributed by atoms with Crippen LogP contribution >= 0.6 is 0 Å². The Balaban J connectivity index is 2.44. The first-order valence-electron chi connectivity index (χ1n) is 7.05. The second-order valence-corrected chi connectivity index (χ2v) is 5.81. The third-order valence-corrected chi connectivity index (χ3v) is 4.32. The summed E-state index contributed by atoms with van der Waals surface area (Å²) in [7, 11) is 5.85.